The van der Waals surface area contributed by atoms with E-state index in [4.69, 9.17) is 18.6 Å². The number of anilines is 1. The van der Waals surface area contributed by atoms with Crippen LogP contribution < -0.4 is 14.8 Å². The van der Waals surface area contributed by atoms with E-state index < -0.39 is 5.91 Å². The van der Waals surface area contributed by atoms with Crippen LogP contribution in [0.5, 0.6) is 11.5 Å². The van der Waals surface area contributed by atoms with Gasteiger partial charge in [-0.1, -0.05) is 0 Å². The quantitative estimate of drug-likeness (QED) is 0.514. The summed E-state index contributed by atoms with van der Waals surface area (Å²) in [7, 11) is 0. The normalized spacial score (nSPS) is 13.5. The minimum atomic E-state index is -0.473. The Morgan fingerprint density at radius 3 is 2.41 bits per heavy atom. The van der Waals surface area contributed by atoms with Crippen LogP contribution in [0, 0.1) is 0 Å². The van der Waals surface area contributed by atoms with Gasteiger partial charge in [0.2, 0.25) is 0 Å². The van der Waals surface area contributed by atoms with Gasteiger partial charge in [-0.25, -0.2) is 0 Å². The van der Waals surface area contributed by atoms with Gasteiger partial charge in [0.05, 0.1) is 31.7 Å². The zero-order chi connectivity index (χ0) is 23.9. The van der Waals surface area contributed by atoms with Gasteiger partial charge >= 0.3 is 0 Å². The summed E-state index contributed by atoms with van der Waals surface area (Å²) in [6.07, 6.45) is 1.48. The van der Waals surface area contributed by atoms with Gasteiger partial charge in [0, 0.05) is 19.6 Å². The number of aromatic nitrogens is 2. The first kappa shape index (κ1) is 23.4. The molecule has 0 saturated carbocycles. The topological polar surface area (TPSA) is 108 Å². The van der Waals surface area contributed by atoms with Crippen LogP contribution in [0.4, 0.5) is 5.69 Å². The fraction of sp³-hybridized carbons (Fsp3) is 0.375. The second-order valence-corrected chi connectivity index (χ2v) is 7.54. The Hall–Kier alpha value is -3.79. The molecule has 180 valence electrons. The molecule has 0 spiro atoms. The smallest absolute Gasteiger partial charge is 0.291 e. The van der Waals surface area contributed by atoms with Crippen molar-refractivity contribution < 1.29 is 28.2 Å². The highest BCUT2D eigenvalue weighted by Crippen LogP contribution is 2.22. The number of carbonyl (C=O) groups excluding carboxylic acids is 2. The first-order valence-corrected chi connectivity index (χ1v) is 11.3. The van der Waals surface area contributed by atoms with E-state index in [2.05, 4.69) is 10.4 Å². The lowest BCUT2D eigenvalue weighted by Gasteiger charge is -2.27. The standard InChI is InChI=1S/C24H28N4O6/c1-3-28-22(24(30)27-11-13-31-14-12-27)20(15-25-28)26-23(29)21-10-9-19(34-21)16-33-18-7-5-17(6-8-18)32-4-2/h5-10,15H,3-4,11-14,16H2,1-2H3,(H,26,29). The number of benzene rings is 1. The van der Waals surface area contributed by atoms with Crippen molar-refractivity contribution in [3.8, 4) is 11.5 Å². The van der Waals surface area contributed by atoms with Gasteiger partial charge < -0.3 is 28.8 Å². The molecule has 0 atom stereocenters. The lowest BCUT2D eigenvalue weighted by molar-refractivity contribution is 0.0295. The minimum Gasteiger partial charge on any atom is -0.494 e. The fourth-order valence-corrected chi connectivity index (χ4v) is 3.57. The largest absolute Gasteiger partial charge is 0.494 e. The van der Waals surface area contributed by atoms with Crippen molar-refractivity contribution >= 4 is 17.5 Å². The number of morpholine rings is 1. The molecule has 0 aliphatic carbocycles. The number of hydrogen-bond acceptors (Lipinski definition) is 7. The minimum absolute atomic E-state index is 0.110. The van der Waals surface area contributed by atoms with Gasteiger partial charge in [-0.05, 0) is 50.2 Å². The summed E-state index contributed by atoms with van der Waals surface area (Å²) in [6.45, 7) is 7.03. The maximum atomic E-state index is 13.1. The molecule has 1 saturated heterocycles. The maximum Gasteiger partial charge on any atom is 0.291 e. The van der Waals surface area contributed by atoms with Crippen LogP contribution in [0.3, 0.4) is 0 Å². The van der Waals surface area contributed by atoms with E-state index in [-0.39, 0.29) is 18.3 Å². The third-order valence-corrected chi connectivity index (χ3v) is 5.29. The molecule has 0 unspecified atom stereocenters. The molecule has 2 amide bonds. The number of carbonyl (C=O) groups is 2. The molecule has 0 radical (unpaired) electrons. The molecule has 1 aliphatic heterocycles. The molecule has 1 fully saturated rings. The van der Waals surface area contributed by atoms with E-state index >= 15 is 0 Å². The van der Waals surface area contributed by atoms with Gasteiger partial charge in [-0.2, -0.15) is 5.10 Å². The number of aryl methyl sites for hydroxylation is 1. The number of amides is 2. The molecule has 1 aliphatic rings. The number of furan rings is 1. The third kappa shape index (κ3) is 5.40. The molecule has 10 nitrogen and oxygen atoms in total. The maximum absolute atomic E-state index is 13.1. The summed E-state index contributed by atoms with van der Waals surface area (Å²) in [4.78, 5) is 27.6. The number of ether oxygens (including phenoxy) is 3. The highest BCUT2D eigenvalue weighted by atomic mass is 16.5. The van der Waals surface area contributed by atoms with Gasteiger partial charge in [-0.15, -0.1) is 0 Å². The van der Waals surface area contributed by atoms with Crippen LogP contribution >= 0.6 is 0 Å². The van der Waals surface area contributed by atoms with Crippen molar-refractivity contribution in [3.63, 3.8) is 0 Å². The van der Waals surface area contributed by atoms with E-state index in [0.29, 0.717) is 62.3 Å². The molecule has 34 heavy (non-hydrogen) atoms. The van der Waals surface area contributed by atoms with Crippen LogP contribution in [0.1, 0.15) is 40.7 Å². The molecule has 0 bridgehead atoms. The van der Waals surface area contributed by atoms with Gasteiger partial charge in [0.25, 0.3) is 11.8 Å². The van der Waals surface area contributed by atoms with E-state index in [1.807, 2.05) is 26.0 Å². The first-order chi connectivity index (χ1) is 16.6. The number of rotatable bonds is 9. The van der Waals surface area contributed by atoms with Crippen molar-refractivity contribution in [2.24, 2.45) is 0 Å². The van der Waals surface area contributed by atoms with Gasteiger partial charge in [0.1, 0.15) is 29.6 Å². The highest BCUT2D eigenvalue weighted by molar-refractivity contribution is 6.07. The number of nitrogens with one attached hydrogen (secondary N) is 1. The van der Waals surface area contributed by atoms with Crippen molar-refractivity contribution in [2.75, 3.05) is 38.2 Å². The predicted octanol–water partition coefficient (Wildman–Crippen LogP) is 3.20. The summed E-state index contributed by atoms with van der Waals surface area (Å²) in [6, 6.07) is 10.5. The Kier molecular flexibility index (Phi) is 7.48. The zero-order valence-electron chi connectivity index (χ0n) is 19.3. The van der Waals surface area contributed by atoms with E-state index in [1.54, 1.807) is 33.8 Å². The highest BCUT2D eigenvalue weighted by Gasteiger charge is 2.26. The van der Waals surface area contributed by atoms with Gasteiger partial charge in [0.15, 0.2) is 5.76 Å². The van der Waals surface area contributed by atoms with Crippen molar-refractivity contribution in [3.05, 3.63) is 59.8 Å². The van der Waals surface area contributed by atoms with Crippen molar-refractivity contribution in [1.29, 1.82) is 0 Å². The number of hydrogen-bond donors (Lipinski definition) is 1. The Balaban J connectivity index is 1.40. The average Bonchev–Trinajstić information content (AvgIpc) is 3.51. The molecule has 3 heterocycles. The van der Waals surface area contributed by atoms with Crippen LogP contribution in [0.15, 0.2) is 47.0 Å². The average molecular weight is 469 g/mol. The summed E-state index contributed by atoms with van der Waals surface area (Å²) in [5.41, 5.74) is 0.676. The molecular formula is C24H28N4O6. The van der Waals surface area contributed by atoms with E-state index in [0.717, 1.165) is 5.75 Å². The third-order valence-electron chi connectivity index (χ3n) is 5.29. The lowest BCUT2D eigenvalue weighted by atomic mass is 10.2. The molecule has 10 heteroatoms. The van der Waals surface area contributed by atoms with E-state index in [9.17, 15) is 9.59 Å². The van der Waals surface area contributed by atoms with Crippen LogP contribution in [0.2, 0.25) is 0 Å². The second kappa shape index (κ2) is 10.9. The fourth-order valence-electron chi connectivity index (χ4n) is 3.57. The second-order valence-electron chi connectivity index (χ2n) is 7.54. The summed E-state index contributed by atoms with van der Waals surface area (Å²) >= 11 is 0. The first-order valence-electron chi connectivity index (χ1n) is 11.3. The SMILES string of the molecule is CCOc1ccc(OCc2ccc(C(=O)Nc3cnn(CC)c3C(=O)N3CCOCC3)o2)cc1. The molecule has 1 aromatic carbocycles. The molecular weight excluding hydrogens is 440 g/mol. The number of nitrogens with zero attached hydrogens (tertiary/aromatic N) is 3. The van der Waals surface area contributed by atoms with Crippen molar-refractivity contribution in [1.82, 2.24) is 14.7 Å². The lowest BCUT2D eigenvalue weighted by Crippen LogP contribution is -2.41. The molecule has 4 rings (SSSR count). The molecule has 3 aromatic rings. The van der Waals surface area contributed by atoms with Crippen LogP contribution in [-0.4, -0.2) is 59.4 Å². The Morgan fingerprint density at radius 1 is 1.03 bits per heavy atom. The van der Waals surface area contributed by atoms with Crippen LogP contribution in [0.25, 0.3) is 0 Å². The van der Waals surface area contributed by atoms with Gasteiger partial charge in [-0.3, -0.25) is 14.3 Å². The Morgan fingerprint density at radius 2 is 1.74 bits per heavy atom. The van der Waals surface area contributed by atoms with Crippen molar-refractivity contribution in [2.45, 2.75) is 27.0 Å². The predicted molar refractivity (Wildman–Crippen MR) is 123 cm³/mol. The molecule has 2 aromatic heterocycles. The van der Waals surface area contributed by atoms with Crippen LogP contribution in [-0.2, 0) is 17.9 Å². The van der Waals surface area contributed by atoms with E-state index in [1.165, 1.54) is 6.20 Å². The monoisotopic (exact) mass is 468 g/mol. The summed E-state index contributed by atoms with van der Waals surface area (Å²) in [5.74, 6) is 1.36. The Bertz CT molecular complexity index is 1110. The Labute approximate surface area is 197 Å². The summed E-state index contributed by atoms with van der Waals surface area (Å²) < 4.78 is 23.7. The summed E-state index contributed by atoms with van der Waals surface area (Å²) in [5, 5.41) is 7.00. The zero-order valence-corrected chi connectivity index (χ0v) is 19.3. The molecule has 1 N–H and O–H groups in total.